The second kappa shape index (κ2) is 7.37. The molecule has 3 nitrogen and oxygen atoms in total. The molecule has 3 heteroatoms. The fourth-order valence-corrected chi connectivity index (χ4v) is 3.73. The van der Waals surface area contributed by atoms with Crippen LogP contribution in [0.15, 0.2) is 78.9 Å². The monoisotopic (exact) mass is 357 g/mol. The van der Waals surface area contributed by atoms with E-state index in [1.807, 2.05) is 66.7 Å². The normalized spacial score (nSPS) is 18.6. The highest BCUT2D eigenvalue weighted by molar-refractivity contribution is 5.94. The van der Waals surface area contributed by atoms with E-state index in [4.69, 9.17) is 0 Å². The molecule has 0 saturated heterocycles. The van der Waals surface area contributed by atoms with Crippen LogP contribution in [0, 0.1) is 0 Å². The van der Waals surface area contributed by atoms with Crippen LogP contribution >= 0.6 is 0 Å². The lowest BCUT2D eigenvalue weighted by Crippen LogP contribution is -2.46. The first kappa shape index (κ1) is 17.5. The minimum Gasteiger partial charge on any atom is -0.388 e. The van der Waals surface area contributed by atoms with Crippen LogP contribution in [0.4, 0.5) is 0 Å². The fraction of sp³-hybridized carbons (Fsp3) is 0.208. The molecule has 0 bridgehead atoms. The van der Waals surface area contributed by atoms with Crippen molar-refractivity contribution in [2.75, 3.05) is 6.54 Å². The second-order valence-electron chi connectivity index (χ2n) is 7.30. The summed E-state index contributed by atoms with van der Waals surface area (Å²) in [5.74, 6) is -0.151. The number of benzene rings is 3. The zero-order valence-electron chi connectivity index (χ0n) is 15.2. The minimum absolute atomic E-state index is 0.151. The maximum absolute atomic E-state index is 12.5. The predicted molar refractivity (Wildman–Crippen MR) is 108 cm³/mol. The van der Waals surface area contributed by atoms with Crippen LogP contribution in [0.5, 0.6) is 0 Å². The number of hydrogen-bond donors (Lipinski definition) is 2. The predicted octanol–water partition coefficient (Wildman–Crippen LogP) is 4.00. The van der Waals surface area contributed by atoms with Gasteiger partial charge in [-0.05, 0) is 47.2 Å². The second-order valence-corrected chi connectivity index (χ2v) is 7.30. The van der Waals surface area contributed by atoms with Gasteiger partial charge < -0.3 is 10.4 Å². The topological polar surface area (TPSA) is 49.3 Å². The van der Waals surface area contributed by atoms with Crippen LogP contribution < -0.4 is 5.32 Å². The zero-order chi connectivity index (χ0) is 18.7. The zero-order valence-corrected chi connectivity index (χ0v) is 15.2. The molecule has 0 spiro atoms. The molecule has 1 atom stereocenters. The number of carbonyl (C=O) groups excluding carboxylic acids is 1. The average molecular weight is 357 g/mol. The van der Waals surface area contributed by atoms with Gasteiger partial charge in [-0.25, -0.2) is 0 Å². The number of hydrogen-bond acceptors (Lipinski definition) is 2. The molecule has 4 rings (SSSR count). The molecule has 3 aromatic carbocycles. The van der Waals surface area contributed by atoms with Gasteiger partial charge in [0.15, 0.2) is 0 Å². The molecule has 136 valence electrons. The summed E-state index contributed by atoms with van der Waals surface area (Å²) in [6.45, 7) is 0.264. The van der Waals surface area contributed by atoms with Gasteiger partial charge in [-0.1, -0.05) is 66.7 Å². The average Bonchev–Trinajstić information content (AvgIpc) is 2.73. The van der Waals surface area contributed by atoms with Crippen molar-refractivity contribution in [2.45, 2.75) is 24.9 Å². The van der Waals surface area contributed by atoms with Crippen molar-refractivity contribution < 1.29 is 9.90 Å². The van der Waals surface area contributed by atoms with E-state index in [1.165, 1.54) is 11.1 Å². The van der Waals surface area contributed by atoms with Gasteiger partial charge in [-0.2, -0.15) is 0 Å². The lowest BCUT2D eigenvalue weighted by atomic mass is 9.80. The van der Waals surface area contributed by atoms with Crippen molar-refractivity contribution in [3.63, 3.8) is 0 Å². The Morgan fingerprint density at radius 1 is 0.852 bits per heavy atom. The van der Waals surface area contributed by atoms with E-state index >= 15 is 0 Å². The van der Waals surface area contributed by atoms with Gasteiger partial charge in [-0.3, -0.25) is 4.79 Å². The molecule has 0 fully saturated rings. The first-order valence-corrected chi connectivity index (χ1v) is 9.36. The Balaban J connectivity index is 1.40. The molecule has 0 saturated carbocycles. The standard InChI is InChI=1S/C24H23NO2/c26-23(21-12-10-20(11-13-21)18-6-2-1-3-7-18)25-17-24(27)15-14-19-8-4-5-9-22(19)16-24/h1-13,27H,14-17H2,(H,25,26)/t24-/m0/s1. The summed E-state index contributed by atoms with van der Waals surface area (Å²) in [5, 5.41) is 13.8. The van der Waals surface area contributed by atoms with E-state index in [0.717, 1.165) is 17.5 Å². The Bertz CT molecular complexity index is 934. The van der Waals surface area contributed by atoms with Gasteiger partial charge >= 0.3 is 0 Å². The third-order valence-electron chi connectivity index (χ3n) is 5.33. The highest BCUT2D eigenvalue weighted by Gasteiger charge is 2.32. The summed E-state index contributed by atoms with van der Waals surface area (Å²) in [5.41, 5.74) is 4.40. The van der Waals surface area contributed by atoms with E-state index in [2.05, 4.69) is 17.4 Å². The maximum atomic E-state index is 12.5. The van der Waals surface area contributed by atoms with Crippen LogP contribution in [-0.2, 0) is 12.8 Å². The lowest BCUT2D eigenvalue weighted by Gasteiger charge is -2.33. The molecule has 0 radical (unpaired) electrons. The first-order chi connectivity index (χ1) is 13.1. The number of aryl methyl sites for hydroxylation is 1. The van der Waals surface area contributed by atoms with E-state index in [0.29, 0.717) is 18.4 Å². The minimum atomic E-state index is -0.881. The molecule has 3 aromatic rings. The van der Waals surface area contributed by atoms with E-state index in [9.17, 15) is 9.90 Å². The van der Waals surface area contributed by atoms with Crippen LogP contribution in [0.3, 0.4) is 0 Å². The SMILES string of the molecule is O=C(NC[C@]1(O)CCc2ccccc2C1)c1ccc(-c2ccccc2)cc1. The Kier molecular flexibility index (Phi) is 4.78. The Morgan fingerprint density at radius 3 is 2.22 bits per heavy atom. The highest BCUT2D eigenvalue weighted by Crippen LogP contribution is 2.28. The number of aliphatic hydroxyl groups is 1. The molecule has 0 heterocycles. The molecule has 0 unspecified atom stereocenters. The molecule has 27 heavy (non-hydrogen) atoms. The molecule has 1 aliphatic carbocycles. The van der Waals surface area contributed by atoms with E-state index in [1.54, 1.807) is 0 Å². The third-order valence-corrected chi connectivity index (χ3v) is 5.33. The van der Waals surface area contributed by atoms with Crippen LogP contribution in [-0.4, -0.2) is 23.2 Å². The van der Waals surface area contributed by atoms with Gasteiger partial charge in [0.05, 0.1) is 5.60 Å². The van der Waals surface area contributed by atoms with Crippen molar-refractivity contribution in [3.8, 4) is 11.1 Å². The first-order valence-electron chi connectivity index (χ1n) is 9.36. The Labute approximate surface area is 159 Å². The fourth-order valence-electron chi connectivity index (χ4n) is 3.73. The molecule has 0 aromatic heterocycles. The number of fused-ring (bicyclic) bond motifs is 1. The van der Waals surface area contributed by atoms with Crippen molar-refractivity contribution in [3.05, 3.63) is 95.6 Å². The van der Waals surface area contributed by atoms with Crippen molar-refractivity contribution in [1.82, 2.24) is 5.32 Å². The van der Waals surface area contributed by atoms with Crippen LogP contribution in [0.2, 0.25) is 0 Å². The summed E-state index contributed by atoms with van der Waals surface area (Å²) in [4.78, 5) is 12.5. The molecule has 0 aliphatic heterocycles. The van der Waals surface area contributed by atoms with Gasteiger partial charge in [0.25, 0.3) is 5.91 Å². The van der Waals surface area contributed by atoms with Crippen molar-refractivity contribution in [2.24, 2.45) is 0 Å². The number of nitrogens with one attached hydrogen (secondary N) is 1. The quantitative estimate of drug-likeness (QED) is 0.741. The largest absolute Gasteiger partial charge is 0.388 e. The smallest absolute Gasteiger partial charge is 0.251 e. The molecule has 1 amide bonds. The van der Waals surface area contributed by atoms with Crippen molar-refractivity contribution >= 4 is 5.91 Å². The number of rotatable bonds is 4. The molecular formula is C24H23NO2. The van der Waals surface area contributed by atoms with Crippen LogP contribution in [0.1, 0.15) is 27.9 Å². The summed E-state index contributed by atoms with van der Waals surface area (Å²) in [6.07, 6.45) is 2.09. The highest BCUT2D eigenvalue weighted by atomic mass is 16.3. The Morgan fingerprint density at radius 2 is 1.48 bits per heavy atom. The third kappa shape index (κ3) is 3.93. The van der Waals surface area contributed by atoms with Gasteiger partial charge in [0.2, 0.25) is 0 Å². The lowest BCUT2D eigenvalue weighted by molar-refractivity contribution is 0.0260. The van der Waals surface area contributed by atoms with Crippen molar-refractivity contribution in [1.29, 1.82) is 0 Å². The maximum Gasteiger partial charge on any atom is 0.251 e. The van der Waals surface area contributed by atoms with E-state index in [-0.39, 0.29) is 12.5 Å². The summed E-state index contributed by atoms with van der Waals surface area (Å²) < 4.78 is 0. The Hall–Kier alpha value is -2.91. The summed E-state index contributed by atoms with van der Waals surface area (Å²) in [7, 11) is 0. The summed E-state index contributed by atoms with van der Waals surface area (Å²) in [6, 6.07) is 25.9. The van der Waals surface area contributed by atoms with Gasteiger partial charge in [0.1, 0.15) is 0 Å². The van der Waals surface area contributed by atoms with E-state index < -0.39 is 5.60 Å². The van der Waals surface area contributed by atoms with Crippen LogP contribution in [0.25, 0.3) is 11.1 Å². The molecule has 1 aliphatic rings. The number of amides is 1. The summed E-state index contributed by atoms with van der Waals surface area (Å²) >= 11 is 0. The molecular weight excluding hydrogens is 334 g/mol. The molecule has 2 N–H and O–H groups in total. The van der Waals surface area contributed by atoms with Gasteiger partial charge in [-0.15, -0.1) is 0 Å². The number of carbonyl (C=O) groups is 1. The van der Waals surface area contributed by atoms with Gasteiger partial charge in [0, 0.05) is 18.5 Å².